The molecule has 1 N–H and O–H groups in total. The third kappa shape index (κ3) is 5.09. The summed E-state index contributed by atoms with van der Waals surface area (Å²) in [5.41, 5.74) is -0.594. The van der Waals surface area contributed by atoms with E-state index in [9.17, 15) is 4.79 Å². The first kappa shape index (κ1) is 16.4. The fourth-order valence-electron chi connectivity index (χ4n) is 2.37. The molecule has 5 nitrogen and oxygen atoms in total. The number of nitrogens with zero attached hydrogens (tertiary/aromatic N) is 1. The molecule has 5 heteroatoms. The molecule has 0 radical (unpaired) electrons. The molecule has 0 saturated heterocycles. The second-order valence-corrected chi connectivity index (χ2v) is 5.36. The lowest BCUT2D eigenvalue weighted by Gasteiger charge is -2.31. The maximum absolute atomic E-state index is 11.9. The highest BCUT2D eigenvalue weighted by molar-refractivity contribution is 5.80. The SMILES string of the molecule is CCNC(C)(CCN(CCOC)C1CC1)C(=O)OC. The van der Waals surface area contributed by atoms with Crippen molar-refractivity contribution in [3.05, 3.63) is 0 Å². The van der Waals surface area contributed by atoms with Crippen LogP contribution in [0.3, 0.4) is 0 Å². The molecule has 0 aliphatic heterocycles. The Morgan fingerprint density at radius 3 is 2.53 bits per heavy atom. The Morgan fingerprint density at radius 1 is 1.37 bits per heavy atom. The Bertz CT molecular complexity index is 282. The van der Waals surface area contributed by atoms with Crippen LogP contribution >= 0.6 is 0 Å². The second-order valence-electron chi connectivity index (χ2n) is 5.36. The summed E-state index contributed by atoms with van der Waals surface area (Å²) in [5, 5.41) is 3.25. The maximum Gasteiger partial charge on any atom is 0.325 e. The molecule has 19 heavy (non-hydrogen) atoms. The summed E-state index contributed by atoms with van der Waals surface area (Å²) in [6, 6.07) is 0.679. The molecule has 1 aliphatic carbocycles. The normalized spacial score (nSPS) is 18.4. The average Bonchev–Trinajstić information content (AvgIpc) is 3.22. The van der Waals surface area contributed by atoms with Gasteiger partial charge in [0.05, 0.1) is 13.7 Å². The lowest BCUT2D eigenvalue weighted by atomic mass is 9.97. The largest absolute Gasteiger partial charge is 0.468 e. The molecule has 0 bridgehead atoms. The zero-order chi connectivity index (χ0) is 14.3. The van der Waals surface area contributed by atoms with E-state index in [1.165, 1.54) is 20.0 Å². The Labute approximate surface area is 116 Å². The molecule has 1 fully saturated rings. The van der Waals surface area contributed by atoms with Gasteiger partial charge in [-0.25, -0.2) is 0 Å². The van der Waals surface area contributed by atoms with E-state index in [4.69, 9.17) is 9.47 Å². The Hall–Kier alpha value is -0.650. The number of carbonyl (C=O) groups is 1. The van der Waals surface area contributed by atoms with Crippen LogP contribution in [0, 0.1) is 0 Å². The van der Waals surface area contributed by atoms with Crippen LogP contribution in [-0.2, 0) is 14.3 Å². The third-order valence-corrected chi connectivity index (χ3v) is 3.75. The summed E-state index contributed by atoms with van der Waals surface area (Å²) >= 11 is 0. The van der Waals surface area contributed by atoms with E-state index in [0.717, 1.165) is 32.7 Å². The number of esters is 1. The summed E-state index contributed by atoms with van der Waals surface area (Å²) in [6.07, 6.45) is 3.29. The minimum atomic E-state index is -0.594. The molecule has 0 aromatic rings. The summed E-state index contributed by atoms with van der Waals surface area (Å²) in [4.78, 5) is 14.3. The fourth-order valence-corrected chi connectivity index (χ4v) is 2.37. The molecule has 0 aromatic heterocycles. The van der Waals surface area contributed by atoms with E-state index in [2.05, 4.69) is 10.2 Å². The second kappa shape index (κ2) is 7.82. The molecule has 1 saturated carbocycles. The van der Waals surface area contributed by atoms with Gasteiger partial charge in [-0.1, -0.05) is 6.92 Å². The molecule has 0 spiro atoms. The zero-order valence-corrected chi connectivity index (χ0v) is 12.7. The van der Waals surface area contributed by atoms with Crippen molar-refractivity contribution in [1.82, 2.24) is 10.2 Å². The molecule has 112 valence electrons. The number of ether oxygens (including phenoxy) is 2. The quantitative estimate of drug-likeness (QED) is 0.602. The van der Waals surface area contributed by atoms with Gasteiger partial charge in [-0.15, -0.1) is 0 Å². The van der Waals surface area contributed by atoms with Gasteiger partial charge < -0.3 is 14.8 Å². The molecular weight excluding hydrogens is 244 g/mol. The van der Waals surface area contributed by atoms with Gasteiger partial charge in [0.2, 0.25) is 0 Å². The number of hydrogen-bond acceptors (Lipinski definition) is 5. The van der Waals surface area contributed by atoms with E-state index in [1.54, 1.807) is 7.11 Å². The summed E-state index contributed by atoms with van der Waals surface area (Å²) in [7, 11) is 3.17. The molecule has 1 atom stereocenters. The lowest BCUT2D eigenvalue weighted by molar-refractivity contribution is -0.148. The average molecular weight is 272 g/mol. The number of carbonyl (C=O) groups excluding carboxylic acids is 1. The van der Waals surface area contributed by atoms with Crippen LogP contribution in [0.15, 0.2) is 0 Å². The number of hydrogen-bond donors (Lipinski definition) is 1. The third-order valence-electron chi connectivity index (χ3n) is 3.75. The number of nitrogens with one attached hydrogen (secondary N) is 1. The predicted molar refractivity (Wildman–Crippen MR) is 75.2 cm³/mol. The van der Waals surface area contributed by atoms with Gasteiger partial charge >= 0.3 is 5.97 Å². The topological polar surface area (TPSA) is 50.8 Å². The smallest absolute Gasteiger partial charge is 0.325 e. The highest BCUT2D eigenvalue weighted by atomic mass is 16.5. The van der Waals surface area contributed by atoms with Crippen molar-refractivity contribution < 1.29 is 14.3 Å². The first-order chi connectivity index (χ1) is 9.07. The maximum atomic E-state index is 11.9. The van der Waals surface area contributed by atoms with Crippen LogP contribution in [0.25, 0.3) is 0 Å². The van der Waals surface area contributed by atoms with Crippen molar-refractivity contribution in [1.29, 1.82) is 0 Å². The Balaban J connectivity index is 2.50. The van der Waals surface area contributed by atoms with Gasteiger partial charge in [-0.05, 0) is 32.7 Å². The lowest BCUT2D eigenvalue weighted by Crippen LogP contribution is -2.52. The zero-order valence-electron chi connectivity index (χ0n) is 12.7. The molecule has 0 heterocycles. The Morgan fingerprint density at radius 2 is 2.05 bits per heavy atom. The molecule has 0 aromatic carbocycles. The van der Waals surface area contributed by atoms with Crippen molar-refractivity contribution in [2.24, 2.45) is 0 Å². The summed E-state index contributed by atoms with van der Waals surface area (Å²) < 4.78 is 10.1. The summed E-state index contributed by atoms with van der Waals surface area (Å²) in [6.45, 7) is 7.26. The number of rotatable bonds is 10. The van der Waals surface area contributed by atoms with Gasteiger partial charge in [0, 0.05) is 26.2 Å². The minimum absolute atomic E-state index is 0.183. The van der Waals surface area contributed by atoms with Crippen LogP contribution in [0.4, 0.5) is 0 Å². The van der Waals surface area contributed by atoms with Crippen LogP contribution in [0.5, 0.6) is 0 Å². The van der Waals surface area contributed by atoms with Crippen molar-refractivity contribution in [3.63, 3.8) is 0 Å². The van der Waals surface area contributed by atoms with E-state index >= 15 is 0 Å². The van der Waals surface area contributed by atoms with Gasteiger partial charge in [-0.2, -0.15) is 0 Å². The van der Waals surface area contributed by atoms with Gasteiger partial charge in [0.25, 0.3) is 0 Å². The first-order valence-electron chi connectivity index (χ1n) is 7.13. The van der Waals surface area contributed by atoms with Crippen molar-refractivity contribution in [3.8, 4) is 0 Å². The van der Waals surface area contributed by atoms with Gasteiger partial charge in [-0.3, -0.25) is 9.69 Å². The highest BCUT2D eigenvalue weighted by Gasteiger charge is 2.36. The van der Waals surface area contributed by atoms with Gasteiger partial charge in [0.15, 0.2) is 0 Å². The molecule has 1 aliphatic rings. The van der Waals surface area contributed by atoms with Crippen molar-refractivity contribution in [2.45, 2.75) is 44.7 Å². The fraction of sp³-hybridized carbons (Fsp3) is 0.929. The standard InChI is InChI=1S/C14H28N2O3/c1-5-15-14(2,13(17)19-4)8-9-16(10-11-18-3)12-6-7-12/h12,15H,5-11H2,1-4H3. The monoisotopic (exact) mass is 272 g/mol. The van der Waals surface area contributed by atoms with Gasteiger partial charge in [0.1, 0.15) is 5.54 Å². The Kier molecular flexibility index (Phi) is 6.75. The van der Waals surface area contributed by atoms with E-state index in [-0.39, 0.29) is 5.97 Å². The van der Waals surface area contributed by atoms with E-state index < -0.39 is 5.54 Å². The first-order valence-corrected chi connectivity index (χ1v) is 7.13. The number of methoxy groups -OCH3 is 2. The summed E-state index contributed by atoms with van der Waals surface area (Å²) in [5.74, 6) is -0.183. The number of likely N-dealkylation sites (N-methyl/N-ethyl adjacent to an activating group) is 1. The van der Waals surface area contributed by atoms with Crippen LogP contribution < -0.4 is 5.32 Å². The van der Waals surface area contributed by atoms with E-state index in [0.29, 0.717) is 6.04 Å². The van der Waals surface area contributed by atoms with Crippen LogP contribution in [0.1, 0.15) is 33.1 Å². The predicted octanol–water partition coefficient (Wildman–Crippen LogP) is 1.03. The molecule has 1 unspecified atom stereocenters. The van der Waals surface area contributed by atoms with Crippen LogP contribution in [-0.4, -0.2) is 62.9 Å². The minimum Gasteiger partial charge on any atom is -0.468 e. The molecular formula is C14H28N2O3. The van der Waals surface area contributed by atoms with Crippen LogP contribution in [0.2, 0.25) is 0 Å². The molecule has 1 rings (SSSR count). The van der Waals surface area contributed by atoms with Crippen molar-refractivity contribution in [2.75, 3.05) is 40.5 Å². The molecule has 0 amide bonds. The van der Waals surface area contributed by atoms with E-state index in [1.807, 2.05) is 13.8 Å². The highest BCUT2D eigenvalue weighted by Crippen LogP contribution is 2.27. The van der Waals surface area contributed by atoms with Crippen molar-refractivity contribution >= 4 is 5.97 Å².